The Balaban J connectivity index is 0.000000364. The Kier molecular flexibility index (Phi) is 8.56. The summed E-state index contributed by atoms with van der Waals surface area (Å²) in [5.41, 5.74) is 0.384. The summed E-state index contributed by atoms with van der Waals surface area (Å²) in [6, 6.07) is 12.9. The fraction of sp³-hybridized carbons (Fsp3) is 0. The van der Waals surface area contributed by atoms with Crippen molar-refractivity contribution in [2.75, 3.05) is 0 Å². The van der Waals surface area contributed by atoms with Crippen LogP contribution in [-0.2, 0) is 42.0 Å². The summed E-state index contributed by atoms with van der Waals surface area (Å²) < 4.78 is 0. The molecule has 2 N–H and O–H groups in total. The molecule has 1 radical (unpaired) electrons. The number of carboxylic acids is 2. The molecule has 0 aromatic heterocycles. The first kappa shape index (κ1) is 19.3. The van der Waals surface area contributed by atoms with Gasteiger partial charge in [0.1, 0.15) is 0 Å². The second-order valence-corrected chi connectivity index (χ2v) is 4.48. The van der Waals surface area contributed by atoms with Crippen molar-refractivity contribution >= 4 is 37.2 Å². The SMILES string of the molecule is O=C(O)c1ccccc1[S-].O=C(O)c1ccccc1[S-].[Co+2]. The van der Waals surface area contributed by atoms with Crippen molar-refractivity contribution in [2.45, 2.75) is 9.79 Å². The van der Waals surface area contributed by atoms with Crippen molar-refractivity contribution in [3.63, 3.8) is 0 Å². The van der Waals surface area contributed by atoms with Gasteiger partial charge in [0.25, 0.3) is 0 Å². The van der Waals surface area contributed by atoms with Crippen LogP contribution in [-0.4, -0.2) is 22.2 Å². The monoisotopic (exact) mass is 365 g/mol. The molecule has 0 aliphatic heterocycles. The van der Waals surface area contributed by atoms with E-state index in [-0.39, 0.29) is 27.9 Å². The molecule has 0 aliphatic carbocycles. The van der Waals surface area contributed by atoms with Gasteiger partial charge in [-0.05, 0) is 12.1 Å². The minimum absolute atomic E-state index is 0. The van der Waals surface area contributed by atoms with Gasteiger partial charge in [-0.25, -0.2) is 9.59 Å². The van der Waals surface area contributed by atoms with Gasteiger partial charge < -0.3 is 35.5 Å². The molecule has 7 heteroatoms. The standard InChI is InChI=1S/2C7H6O2S.Co/c2*8-7(9)5-3-1-2-4-6(5)10;/h2*1-4,10H,(H,8,9);/q;;+2/p-2. The smallest absolute Gasteiger partial charge is 0.779 e. The Morgan fingerprint density at radius 2 is 1.00 bits per heavy atom. The van der Waals surface area contributed by atoms with E-state index in [2.05, 4.69) is 0 Å². The van der Waals surface area contributed by atoms with Crippen LogP contribution in [0.4, 0.5) is 0 Å². The van der Waals surface area contributed by atoms with Gasteiger partial charge in [-0.2, -0.15) is 9.79 Å². The maximum Gasteiger partial charge on any atom is 2.00 e. The Bertz CT molecular complexity index is 576. The molecule has 0 saturated carbocycles. The van der Waals surface area contributed by atoms with Crippen LogP contribution in [0.1, 0.15) is 20.7 Å². The Morgan fingerprint density at radius 3 is 1.19 bits per heavy atom. The van der Waals surface area contributed by atoms with Crippen molar-refractivity contribution in [1.29, 1.82) is 0 Å². The third kappa shape index (κ3) is 6.09. The first-order valence-electron chi connectivity index (χ1n) is 5.42. The van der Waals surface area contributed by atoms with Crippen LogP contribution in [0.15, 0.2) is 58.3 Å². The molecule has 0 aliphatic rings. The maximum atomic E-state index is 10.4. The molecule has 0 spiro atoms. The van der Waals surface area contributed by atoms with E-state index >= 15 is 0 Å². The molecule has 0 bridgehead atoms. The predicted molar refractivity (Wildman–Crippen MR) is 78.1 cm³/mol. The molecular formula is C14H10CoO4S2. The van der Waals surface area contributed by atoms with Crippen LogP contribution in [0.5, 0.6) is 0 Å². The Morgan fingerprint density at radius 1 is 0.714 bits per heavy atom. The van der Waals surface area contributed by atoms with Gasteiger partial charge >= 0.3 is 28.7 Å². The minimum atomic E-state index is -0.967. The average Bonchev–Trinajstić information content (AvgIpc) is 2.40. The zero-order valence-electron chi connectivity index (χ0n) is 10.5. The molecule has 0 saturated heterocycles. The maximum absolute atomic E-state index is 10.4. The summed E-state index contributed by atoms with van der Waals surface area (Å²) >= 11 is 9.49. The second-order valence-electron chi connectivity index (χ2n) is 3.60. The van der Waals surface area contributed by atoms with E-state index in [1.807, 2.05) is 0 Å². The summed E-state index contributed by atoms with van der Waals surface area (Å²) in [6.45, 7) is 0. The van der Waals surface area contributed by atoms with Gasteiger partial charge in [0.05, 0.1) is 0 Å². The van der Waals surface area contributed by atoms with Gasteiger partial charge in [-0.15, -0.1) is 0 Å². The topological polar surface area (TPSA) is 74.6 Å². The summed E-state index contributed by atoms with van der Waals surface area (Å²) in [7, 11) is 0. The van der Waals surface area contributed by atoms with Crippen molar-refractivity contribution in [1.82, 2.24) is 0 Å². The van der Waals surface area contributed by atoms with E-state index in [0.29, 0.717) is 9.79 Å². The molecule has 0 fully saturated rings. The van der Waals surface area contributed by atoms with Crippen LogP contribution < -0.4 is 0 Å². The first-order valence-corrected chi connectivity index (χ1v) is 6.23. The van der Waals surface area contributed by atoms with E-state index in [0.717, 1.165) is 0 Å². The molecule has 21 heavy (non-hydrogen) atoms. The molecule has 0 heterocycles. The molecule has 4 nitrogen and oxygen atoms in total. The van der Waals surface area contributed by atoms with Gasteiger partial charge in [0.2, 0.25) is 0 Å². The quantitative estimate of drug-likeness (QED) is 0.797. The van der Waals surface area contributed by atoms with Crippen LogP contribution in [0, 0.1) is 0 Å². The van der Waals surface area contributed by atoms with Gasteiger partial charge in [-0.3, -0.25) is 0 Å². The molecule has 0 atom stereocenters. The van der Waals surface area contributed by atoms with E-state index in [1.54, 1.807) is 36.4 Å². The Labute approximate surface area is 143 Å². The molecule has 2 aromatic rings. The summed E-state index contributed by atoms with van der Waals surface area (Å²) in [4.78, 5) is 21.5. The van der Waals surface area contributed by atoms with Crippen molar-refractivity contribution in [3.8, 4) is 0 Å². The first-order chi connectivity index (χ1) is 9.43. The zero-order valence-corrected chi connectivity index (χ0v) is 13.2. The number of carboxylic acid groups (broad SMARTS) is 2. The van der Waals surface area contributed by atoms with Gasteiger partial charge in [0.15, 0.2) is 0 Å². The number of aromatic carboxylic acids is 2. The van der Waals surface area contributed by atoms with Crippen LogP contribution >= 0.6 is 0 Å². The number of benzene rings is 2. The summed E-state index contributed by atoms with van der Waals surface area (Å²) in [5, 5.41) is 17.0. The van der Waals surface area contributed by atoms with Crippen LogP contribution in [0.3, 0.4) is 0 Å². The summed E-state index contributed by atoms with van der Waals surface area (Å²) in [6.07, 6.45) is 0. The van der Waals surface area contributed by atoms with Crippen molar-refractivity contribution < 1.29 is 36.6 Å². The molecule has 0 unspecified atom stereocenters. The minimum Gasteiger partial charge on any atom is -0.779 e. The van der Waals surface area contributed by atoms with Crippen LogP contribution in [0.2, 0.25) is 0 Å². The normalized spacial score (nSPS) is 8.76. The largest absolute Gasteiger partial charge is 2.00 e. The van der Waals surface area contributed by atoms with E-state index in [4.69, 9.17) is 35.5 Å². The Hall–Kier alpha value is -1.67. The van der Waals surface area contributed by atoms with Gasteiger partial charge in [0, 0.05) is 11.1 Å². The fourth-order valence-electron chi connectivity index (χ4n) is 1.29. The fourth-order valence-corrected chi connectivity index (χ4v) is 1.75. The van der Waals surface area contributed by atoms with E-state index in [1.165, 1.54) is 12.1 Å². The third-order valence-electron chi connectivity index (χ3n) is 2.23. The number of rotatable bonds is 2. The number of hydrogen-bond donors (Lipinski definition) is 2. The predicted octanol–water partition coefficient (Wildman–Crippen LogP) is 2.58. The van der Waals surface area contributed by atoms with E-state index < -0.39 is 11.9 Å². The number of carbonyl (C=O) groups is 2. The van der Waals surface area contributed by atoms with Crippen LogP contribution in [0.25, 0.3) is 0 Å². The van der Waals surface area contributed by atoms with Crippen molar-refractivity contribution in [2.24, 2.45) is 0 Å². The van der Waals surface area contributed by atoms with E-state index in [9.17, 15) is 9.59 Å². The summed E-state index contributed by atoms with van der Waals surface area (Å²) in [5.74, 6) is -1.93. The zero-order chi connectivity index (χ0) is 15.1. The second kappa shape index (κ2) is 9.30. The molecule has 0 amide bonds. The molecule has 111 valence electrons. The number of hydrogen-bond acceptors (Lipinski definition) is 4. The molecule has 2 rings (SSSR count). The third-order valence-corrected chi connectivity index (χ3v) is 2.95. The average molecular weight is 365 g/mol. The molecular weight excluding hydrogens is 355 g/mol. The van der Waals surface area contributed by atoms with Crippen molar-refractivity contribution in [3.05, 3.63) is 59.7 Å². The molecule has 2 aromatic carbocycles. The van der Waals surface area contributed by atoms with Gasteiger partial charge in [-0.1, -0.05) is 36.4 Å².